The molecule has 2 aromatic rings. The van der Waals surface area contributed by atoms with Gasteiger partial charge in [0.05, 0.1) is 5.82 Å². The van der Waals surface area contributed by atoms with Crippen LogP contribution in [0.2, 0.25) is 0 Å². The molecule has 6 N–H and O–H groups in total. The summed E-state index contributed by atoms with van der Waals surface area (Å²) < 4.78 is 0. The average molecular weight is 307 g/mol. The third-order valence-corrected chi connectivity index (χ3v) is 3.68. The van der Waals surface area contributed by atoms with Crippen molar-refractivity contribution >= 4 is 5.82 Å². The van der Waals surface area contributed by atoms with E-state index in [0.29, 0.717) is 12.2 Å². The molecule has 1 aromatic heterocycles. The second kappa shape index (κ2) is 6.54. The van der Waals surface area contributed by atoms with E-state index in [1.807, 2.05) is 48.7 Å². The molecule has 3 rings (SSSR count). The monoisotopic (exact) mass is 307 g/mol. The van der Waals surface area contributed by atoms with Crippen LogP contribution in [-0.4, -0.2) is 10.6 Å². The zero-order valence-corrected chi connectivity index (χ0v) is 12.9. The van der Waals surface area contributed by atoms with Crippen LogP contribution in [0.4, 0.5) is 5.82 Å². The average Bonchev–Trinajstić information content (AvgIpc) is 2.55. The highest BCUT2D eigenvalue weighted by Crippen LogP contribution is 2.15. The molecule has 5 heteroatoms. The van der Waals surface area contributed by atoms with Gasteiger partial charge in [-0.15, -0.1) is 0 Å². The van der Waals surface area contributed by atoms with E-state index >= 15 is 0 Å². The normalized spacial score (nSPS) is 19.8. The molecule has 23 heavy (non-hydrogen) atoms. The number of hydrogen-bond donors (Lipinski definition) is 4. The highest BCUT2D eigenvalue weighted by Gasteiger charge is 2.23. The fourth-order valence-corrected chi connectivity index (χ4v) is 2.54. The van der Waals surface area contributed by atoms with Gasteiger partial charge in [0.2, 0.25) is 0 Å². The van der Waals surface area contributed by atoms with Crippen molar-refractivity contribution in [2.24, 2.45) is 11.5 Å². The lowest BCUT2D eigenvalue weighted by molar-refractivity contribution is 0.446. The summed E-state index contributed by atoms with van der Waals surface area (Å²) in [6, 6.07) is 14.2. The number of anilines is 1. The molecule has 1 unspecified atom stereocenters. The number of nitrogens with one attached hydrogen (secondary N) is 2. The summed E-state index contributed by atoms with van der Waals surface area (Å²) in [5, 5.41) is 6.40. The number of rotatable bonds is 5. The zero-order valence-electron chi connectivity index (χ0n) is 12.9. The van der Waals surface area contributed by atoms with Crippen molar-refractivity contribution in [2.45, 2.75) is 18.6 Å². The number of hydrogen-bond acceptors (Lipinski definition) is 5. The van der Waals surface area contributed by atoms with Crippen LogP contribution in [0.15, 0.2) is 72.7 Å². The standard InChI is InChI=1S/C18H21N5/c19-16-7-4-10-18(20,23-16)11-15-8-9-17(22-13-15)21-12-14-5-2-1-3-6-14/h1-10,13,23H,11-12,19-20H2,(H,21,22). The minimum absolute atomic E-state index is 0.573. The van der Waals surface area contributed by atoms with Crippen LogP contribution < -0.4 is 22.1 Å². The smallest absolute Gasteiger partial charge is 0.126 e. The van der Waals surface area contributed by atoms with Crippen LogP contribution in [0.25, 0.3) is 0 Å². The Labute approximate surface area is 136 Å². The number of nitrogens with two attached hydrogens (primary N) is 2. The van der Waals surface area contributed by atoms with E-state index in [1.54, 1.807) is 6.08 Å². The van der Waals surface area contributed by atoms with Crippen molar-refractivity contribution in [3.8, 4) is 0 Å². The molecular formula is C18H21N5. The van der Waals surface area contributed by atoms with Crippen molar-refractivity contribution in [2.75, 3.05) is 5.32 Å². The molecule has 118 valence electrons. The van der Waals surface area contributed by atoms with Gasteiger partial charge in [0.25, 0.3) is 0 Å². The maximum atomic E-state index is 6.29. The van der Waals surface area contributed by atoms with Gasteiger partial charge in [-0.2, -0.15) is 0 Å². The molecule has 1 aliphatic heterocycles. The first-order valence-electron chi connectivity index (χ1n) is 7.58. The first-order valence-corrected chi connectivity index (χ1v) is 7.58. The molecule has 1 atom stereocenters. The van der Waals surface area contributed by atoms with Crippen molar-refractivity contribution < 1.29 is 0 Å². The molecule has 0 saturated heterocycles. The Bertz CT molecular complexity index is 706. The highest BCUT2D eigenvalue weighted by molar-refractivity contribution is 5.37. The Hall–Kier alpha value is -2.79. The first-order chi connectivity index (χ1) is 11.1. The molecule has 0 aliphatic carbocycles. The largest absolute Gasteiger partial charge is 0.385 e. The van der Waals surface area contributed by atoms with Crippen LogP contribution >= 0.6 is 0 Å². The molecular weight excluding hydrogens is 286 g/mol. The molecule has 1 aliphatic rings. The van der Waals surface area contributed by atoms with Crippen LogP contribution in [-0.2, 0) is 13.0 Å². The van der Waals surface area contributed by atoms with Gasteiger partial charge in [-0.25, -0.2) is 4.98 Å². The predicted molar refractivity (Wildman–Crippen MR) is 93.2 cm³/mol. The number of nitrogens with zero attached hydrogens (tertiary/aromatic N) is 1. The number of pyridine rings is 1. The molecule has 0 bridgehead atoms. The van der Waals surface area contributed by atoms with Gasteiger partial charge in [-0.1, -0.05) is 42.5 Å². The molecule has 0 spiro atoms. The third-order valence-electron chi connectivity index (χ3n) is 3.68. The lowest BCUT2D eigenvalue weighted by Crippen LogP contribution is -2.55. The number of dihydropyridines is 1. The maximum absolute atomic E-state index is 6.29. The van der Waals surface area contributed by atoms with Gasteiger partial charge >= 0.3 is 0 Å². The fourth-order valence-electron chi connectivity index (χ4n) is 2.54. The Morgan fingerprint density at radius 2 is 1.91 bits per heavy atom. The molecule has 5 nitrogen and oxygen atoms in total. The van der Waals surface area contributed by atoms with Crippen LogP contribution in [0.3, 0.4) is 0 Å². The van der Waals surface area contributed by atoms with E-state index in [4.69, 9.17) is 11.5 Å². The quantitative estimate of drug-likeness (QED) is 0.677. The van der Waals surface area contributed by atoms with Crippen molar-refractivity contribution in [3.63, 3.8) is 0 Å². The first kappa shape index (κ1) is 15.1. The number of benzene rings is 1. The highest BCUT2D eigenvalue weighted by atomic mass is 15.1. The van der Waals surface area contributed by atoms with Crippen LogP contribution in [0.1, 0.15) is 11.1 Å². The zero-order chi connectivity index (χ0) is 16.1. The lowest BCUT2D eigenvalue weighted by Gasteiger charge is -2.30. The topological polar surface area (TPSA) is 89.0 Å². The van der Waals surface area contributed by atoms with Gasteiger partial charge in [0, 0.05) is 19.2 Å². The van der Waals surface area contributed by atoms with Gasteiger partial charge in [0.15, 0.2) is 0 Å². The van der Waals surface area contributed by atoms with Crippen LogP contribution in [0, 0.1) is 0 Å². The maximum Gasteiger partial charge on any atom is 0.126 e. The minimum Gasteiger partial charge on any atom is -0.385 e. The summed E-state index contributed by atoms with van der Waals surface area (Å²) in [5.74, 6) is 1.42. The number of aromatic nitrogens is 1. The second-order valence-corrected chi connectivity index (χ2v) is 5.71. The molecule has 0 amide bonds. The van der Waals surface area contributed by atoms with E-state index in [1.165, 1.54) is 5.56 Å². The SMILES string of the molecule is NC1=CC=CC(N)(Cc2ccc(NCc3ccccc3)nc2)N1. The Balaban J connectivity index is 1.59. The molecule has 0 radical (unpaired) electrons. The Morgan fingerprint density at radius 3 is 2.61 bits per heavy atom. The summed E-state index contributed by atoms with van der Waals surface area (Å²) in [6.45, 7) is 0.750. The summed E-state index contributed by atoms with van der Waals surface area (Å²) in [5.41, 5.74) is 13.7. The summed E-state index contributed by atoms with van der Waals surface area (Å²) >= 11 is 0. The van der Waals surface area contributed by atoms with Crippen molar-refractivity contribution in [1.82, 2.24) is 10.3 Å². The molecule has 2 heterocycles. The third kappa shape index (κ3) is 4.11. The summed E-state index contributed by atoms with van der Waals surface area (Å²) in [4.78, 5) is 4.44. The fraction of sp³-hybridized carbons (Fsp3) is 0.167. The lowest BCUT2D eigenvalue weighted by atomic mass is 9.99. The van der Waals surface area contributed by atoms with Gasteiger partial charge < -0.3 is 22.1 Å². The van der Waals surface area contributed by atoms with Crippen molar-refractivity contribution in [3.05, 3.63) is 83.8 Å². The van der Waals surface area contributed by atoms with E-state index in [0.717, 1.165) is 17.9 Å². The molecule has 0 saturated carbocycles. The van der Waals surface area contributed by atoms with E-state index in [2.05, 4.69) is 27.8 Å². The van der Waals surface area contributed by atoms with E-state index in [9.17, 15) is 0 Å². The van der Waals surface area contributed by atoms with Crippen molar-refractivity contribution in [1.29, 1.82) is 0 Å². The summed E-state index contributed by atoms with van der Waals surface area (Å²) in [6.07, 6.45) is 8.02. The van der Waals surface area contributed by atoms with Gasteiger partial charge in [0.1, 0.15) is 11.5 Å². The summed E-state index contributed by atoms with van der Waals surface area (Å²) in [7, 11) is 0. The minimum atomic E-state index is -0.667. The van der Waals surface area contributed by atoms with Crippen LogP contribution in [0.5, 0.6) is 0 Å². The predicted octanol–water partition coefficient (Wildman–Crippen LogP) is 1.85. The second-order valence-electron chi connectivity index (χ2n) is 5.71. The molecule has 0 fully saturated rings. The van der Waals surface area contributed by atoms with Gasteiger partial charge in [-0.3, -0.25) is 0 Å². The molecule has 1 aromatic carbocycles. The Morgan fingerprint density at radius 1 is 1.09 bits per heavy atom. The van der Waals surface area contributed by atoms with E-state index in [-0.39, 0.29) is 0 Å². The van der Waals surface area contributed by atoms with Gasteiger partial charge in [-0.05, 0) is 29.3 Å². The van der Waals surface area contributed by atoms with E-state index < -0.39 is 5.66 Å². The Kier molecular flexibility index (Phi) is 4.30. The number of allylic oxidation sites excluding steroid dienone is 2.